The van der Waals surface area contributed by atoms with E-state index in [9.17, 15) is 24.2 Å². The average Bonchev–Trinajstić information content (AvgIpc) is 2.97. The quantitative estimate of drug-likeness (QED) is 0.451. The molecule has 3 atom stereocenters. The maximum absolute atomic E-state index is 13.5. The van der Waals surface area contributed by atoms with Gasteiger partial charge in [-0.15, -0.1) is 0 Å². The average molecular weight is 491 g/mol. The molecule has 1 fully saturated rings. The maximum Gasteiger partial charge on any atom is 0.323 e. The molecule has 0 aromatic heterocycles. The minimum atomic E-state index is -1.13. The number of hydrogen-bond donors (Lipinski definition) is 3. The Morgan fingerprint density at radius 3 is 2.41 bits per heavy atom. The highest BCUT2D eigenvalue weighted by Gasteiger charge is 2.32. The molecule has 6 nitrogen and oxygen atoms in total. The molecule has 3 N–H and O–H groups in total. The van der Waals surface area contributed by atoms with Gasteiger partial charge in [0.05, 0.1) is 17.2 Å². The molecule has 1 saturated carbocycles. The summed E-state index contributed by atoms with van der Waals surface area (Å²) >= 11 is 5.85. The van der Waals surface area contributed by atoms with Crippen molar-refractivity contribution >= 4 is 29.2 Å². The molecule has 0 bridgehead atoms. The molecule has 2 aromatic carbocycles. The van der Waals surface area contributed by atoms with Crippen molar-refractivity contribution < 1.29 is 24.2 Å². The van der Waals surface area contributed by atoms with Gasteiger partial charge in [0, 0.05) is 18.2 Å². The fourth-order valence-corrected chi connectivity index (χ4v) is 4.58. The van der Waals surface area contributed by atoms with Gasteiger partial charge in [0.1, 0.15) is 12.4 Å². The maximum atomic E-state index is 13.5. The minimum absolute atomic E-state index is 0.0219. The number of amides is 1. The summed E-state index contributed by atoms with van der Waals surface area (Å²) in [5.74, 6) is -1.95. The van der Waals surface area contributed by atoms with Gasteiger partial charge in [0.2, 0.25) is 5.91 Å². The SMILES string of the molecule is CC(C)c1ccc(N[C@H]2CC[C@@H](C(=O)N(CC(=O)O)Cc3ccc(F)c(Cl)c3)CC[C@@H]2O)cc1. The molecule has 0 aliphatic heterocycles. The van der Waals surface area contributed by atoms with Crippen LogP contribution >= 0.6 is 11.6 Å². The van der Waals surface area contributed by atoms with Crippen molar-refractivity contribution in [3.05, 3.63) is 64.4 Å². The van der Waals surface area contributed by atoms with E-state index in [1.54, 1.807) is 0 Å². The van der Waals surface area contributed by atoms with Gasteiger partial charge in [-0.2, -0.15) is 0 Å². The van der Waals surface area contributed by atoms with Crippen LogP contribution in [0.15, 0.2) is 42.5 Å². The van der Waals surface area contributed by atoms with E-state index in [1.165, 1.54) is 28.7 Å². The van der Waals surface area contributed by atoms with Crippen molar-refractivity contribution in [3.8, 4) is 0 Å². The van der Waals surface area contributed by atoms with Crippen LogP contribution in [0.25, 0.3) is 0 Å². The first-order chi connectivity index (χ1) is 16.1. The zero-order valence-electron chi connectivity index (χ0n) is 19.5. The second-order valence-corrected chi connectivity index (χ2v) is 9.69. The van der Waals surface area contributed by atoms with Gasteiger partial charge in [0.25, 0.3) is 0 Å². The van der Waals surface area contributed by atoms with Crippen LogP contribution in [0, 0.1) is 11.7 Å². The molecule has 184 valence electrons. The number of carbonyl (C=O) groups excluding carboxylic acids is 1. The summed E-state index contributed by atoms with van der Waals surface area (Å²) in [5, 5.41) is 23.3. The lowest BCUT2D eigenvalue weighted by Gasteiger charge is -2.26. The van der Waals surface area contributed by atoms with Gasteiger partial charge in [-0.3, -0.25) is 9.59 Å². The first kappa shape index (κ1) is 26.0. The van der Waals surface area contributed by atoms with Crippen molar-refractivity contribution in [1.29, 1.82) is 0 Å². The molecule has 34 heavy (non-hydrogen) atoms. The molecule has 1 amide bonds. The topological polar surface area (TPSA) is 89.9 Å². The number of halogens is 2. The zero-order valence-corrected chi connectivity index (χ0v) is 20.3. The summed E-state index contributed by atoms with van der Waals surface area (Å²) in [5.41, 5.74) is 2.71. The Morgan fingerprint density at radius 2 is 1.79 bits per heavy atom. The van der Waals surface area contributed by atoms with Crippen molar-refractivity contribution in [1.82, 2.24) is 4.90 Å². The lowest BCUT2D eigenvalue weighted by molar-refractivity contribution is -0.147. The van der Waals surface area contributed by atoms with Crippen molar-refractivity contribution in [2.75, 3.05) is 11.9 Å². The predicted octanol–water partition coefficient (Wildman–Crippen LogP) is 5.05. The third-order valence-electron chi connectivity index (χ3n) is 6.38. The highest BCUT2D eigenvalue weighted by Crippen LogP contribution is 2.29. The molecule has 1 aliphatic carbocycles. The van der Waals surface area contributed by atoms with Gasteiger partial charge in [-0.1, -0.05) is 43.6 Å². The van der Waals surface area contributed by atoms with E-state index in [0.717, 1.165) is 5.69 Å². The van der Waals surface area contributed by atoms with Crippen molar-refractivity contribution in [3.63, 3.8) is 0 Å². The van der Waals surface area contributed by atoms with Crippen molar-refractivity contribution in [2.24, 2.45) is 5.92 Å². The van der Waals surface area contributed by atoms with E-state index < -0.39 is 30.4 Å². The number of aliphatic hydroxyl groups excluding tert-OH is 1. The standard InChI is InChI=1S/C26H32ClFN2O4/c1-16(2)18-4-8-20(9-5-18)29-23-11-6-19(7-12-24(23)31)26(34)30(15-25(32)33)14-17-3-10-22(28)21(27)13-17/h3-5,8-10,13,16,19,23-24,29,31H,6-7,11-12,14-15H2,1-2H3,(H,32,33)/t19-,23+,24+/m1/s1. The lowest BCUT2D eigenvalue weighted by atomic mass is 9.98. The second-order valence-electron chi connectivity index (χ2n) is 9.28. The van der Waals surface area contributed by atoms with E-state index in [1.807, 2.05) is 12.1 Å². The number of aliphatic carboxylic acids is 1. The first-order valence-electron chi connectivity index (χ1n) is 11.6. The predicted molar refractivity (Wildman–Crippen MR) is 130 cm³/mol. The molecule has 0 heterocycles. The van der Waals surface area contributed by atoms with Gasteiger partial charge in [-0.05, 0) is 67.0 Å². The fraction of sp³-hybridized carbons (Fsp3) is 0.462. The van der Waals surface area contributed by atoms with Crippen LogP contribution in [0.3, 0.4) is 0 Å². The fourth-order valence-electron chi connectivity index (χ4n) is 4.38. The summed E-state index contributed by atoms with van der Waals surface area (Å²) in [6.45, 7) is 3.82. The molecule has 0 spiro atoms. The van der Waals surface area contributed by atoms with Gasteiger partial charge < -0.3 is 20.4 Å². The summed E-state index contributed by atoms with van der Waals surface area (Å²) in [6, 6.07) is 12.0. The van der Waals surface area contributed by atoms with Gasteiger partial charge in [0.15, 0.2) is 0 Å². The molecule has 1 aliphatic rings. The molecular formula is C26H32ClFN2O4. The number of nitrogens with one attached hydrogen (secondary N) is 1. The third-order valence-corrected chi connectivity index (χ3v) is 6.67. The number of nitrogens with zero attached hydrogens (tertiary/aromatic N) is 1. The van der Waals surface area contributed by atoms with Crippen LogP contribution in [0.1, 0.15) is 56.6 Å². The van der Waals surface area contributed by atoms with Crippen LogP contribution < -0.4 is 5.32 Å². The smallest absolute Gasteiger partial charge is 0.323 e. The van der Waals surface area contributed by atoms with Crippen LogP contribution in [0.2, 0.25) is 5.02 Å². The van der Waals surface area contributed by atoms with E-state index in [2.05, 4.69) is 31.3 Å². The number of benzene rings is 2. The molecule has 0 unspecified atom stereocenters. The Balaban J connectivity index is 1.67. The van der Waals surface area contributed by atoms with E-state index in [4.69, 9.17) is 11.6 Å². The Labute approximate surface area is 204 Å². The van der Waals surface area contributed by atoms with Gasteiger partial charge >= 0.3 is 5.97 Å². The summed E-state index contributed by atoms with van der Waals surface area (Å²) < 4.78 is 13.5. The zero-order chi connectivity index (χ0) is 24.8. The summed E-state index contributed by atoms with van der Waals surface area (Å²) in [7, 11) is 0. The molecule has 0 radical (unpaired) electrons. The number of hydrogen-bond acceptors (Lipinski definition) is 4. The molecule has 2 aromatic rings. The van der Waals surface area contributed by atoms with Gasteiger partial charge in [-0.25, -0.2) is 4.39 Å². The Kier molecular flexibility index (Phi) is 8.91. The highest BCUT2D eigenvalue weighted by atomic mass is 35.5. The normalized spacial score (nSPS) is 20.6. The van der Waals surface area contributed by atoms with E-state index in [0.29, 0.717) is 37.2 Å². The molecule has 8 heteroatoms. The minimum Gasteiger partial charge on any atom is -0.480 e. The molecule has 0 saturated heterocycles. The Morgan fingerprint density at radius 1 is 1.12 bits per heavy atom. The van der Waals surface area contributed by atoms with Crippen LogP contribution in [-0.2, 0) is 16.1 Å². The first-order valence-corrected chi connectivity index (χ1v) is 12.0. The van der Waals surface area contributed by atoms with Crippen molar-refractivity contribution in [2.45, 2.75) is 64.1 Å². The van der Waals surface area contributed by atoms with Crippen LogP contribution in [-0.4, -0.2) is 45.7 Å². The monoisotopic (exact) mass is 490 g/mol. The molecule has 3 rings (SSSR count). The summed E-state index contributed by atoms with van der Waals surface area (Å²) in [4.78, 5) is 26.0. The Bertz CT molecular complexity index is 999. The lowest BCUT2D eigenvalue weighted by Crippen LogP contribution is -2.39. The van der Waals surface area contributed by atoms with E-state index in [-0.39, 0.29) is 23.5 Å². The third kappa shape index (κ3) is 6.93. The second kappa shape index (κ2) is 11.7. The van der Waals surface area contributed by atoms with E-state index >= 15 is 0 Å². The number of anilines is 1. The number of rotatable bonds is 8. The highest BCUT2D eigenvalue weighted by molar-refractivity contribution is 6.30. The van der Waals surface area contributed by atoms with Crippen LogP contribution in [0.4, 0.5) is 10.1 Å². The summed E-state index contributed by atoms with van der Waals surface area (Å²) in [6.07, 6.45) is 1.38. The molecular weight excluding hydrogens is 459 g/mol. The Hall–Kier alpha value is -2.64. The number of carbonyl (C=O) groups is 2. The number of carboxylic acid groups (broad SMARTS) is 1. The number of aliphatic hydroxyl groups is 1. The largest absolute Gasteiger partial charge is 0.480 e. The number of carboxylic acids is 1. The van der Waals surface area contributed by atoms with Crippen LogP contribution in [0.5, 0.6) is 0 Å².